The number of hydrogen-bond donors (Lipinski definition) is 2. The van der Waals surface area contributed by atoms with Crippen LogP contribution in [0.4, 0.5) is 11.5 Å². The first-order valence-electron chi connectivity index (χ1n) is 8.38. The topological polar surface area (TPSA) is 105 Å². The quantitative estimate of drug-likeness (QED) is 0.813. The molecule has 1 aromatic carbocycles. The van der Waals surface area contributed by atoms with Crippen LogP contribution in [0.25, 0.3) is 0 Å². The third-order valence-corrected chi connectivity index (χ3v) is 4.20. The first-order valence-corrected chi connectivity index (χ1v) is 8.38. The number of nitrogens with one attached hydrogen (secondary N) is 1. The number of ether oxygens (including phenoxy) is 1. The van der Waals surface area contributed by atoms with E-state index < -0.39 is 12.6 Å². The van der Waals surface area contributed by atoms with Gasteiger partial charge in [0.15, 0.2) is 6.61 Å². The molecule has 1 saturated heterocycles. The molecule has 26 heavy (non-hydrogen) atoms. The molecule has 1 aromatic heterocycles. The highest BCUT2D eigenvalue weighted by molar-refractivity contribution is 5.92. The van der Waals surface area contributed by atoms with E-state index in [2.05, 4.69) is 20.2 Å². The molecule has 3 rings (SSSR count). The van der Waals surface area contributed by atoms with Gasteiger partial charge in [0.05, 0.1) is 6.20 Å². The summed E-state index contributed by atoms with van der Waals surface area (Å²) >= 11 is 0. The molecule has 0 spiro atoms. The largest absolute Gasteiger partial charge is 0.482 e. The molecule has 1 fully saturated rings. The molecular weight excluding hydrogens is 336 g/mol. The maximum atomic E-state index is 12.5. The average molecular weight is 356 g/mol. The SMILES string of the molecule is O=C(O)COc1cccc(NC(=O)C2CCN(c3cnccn3)CC2)c1. The number of rotatable bonds is 6. The molecule has 8 nitrogen and oxygen atoms in total. The molecule has 0 bridgehead atoms. The first-order chi connectivity index (χ1) is 12.6. The molecule has 2 heterocycles. The van der Waals surface area contributed by atoms with E-state index >= 15 is 0 Å². The van der Waals surface area contributed by atoms with Gasteiger partial charge < -0.3 is 20.1 Å². The smallest absolute Gasteiger partial charge is 0.341 e. The van der Waals surface area contributed by atoms with Crippen molar-refractivity contribution in [2.75, 3.05) is 29.9 Å². The molecule has 1 amide bonds. The minimum Gasteiger partial charge on any atom is -0.482 e. The van der Waals surface area contributed by atoms with E-state index in [0.29, 0.717) is 11.4 Å². The van der Waals surface area contributed by atoms with Gasteiger partial charge in [-0.25, -0.2) is 9.78 Å². The number of carbonyl (C=O) groups excluding carboxylic acids is 1. The predicted octanol–water partition coefficient (Wildman–Crippen LogP) is 1.80. The summed E-state index contributed by atoms with van der Waals surface area (Å²) in [5, 5.41) is 11.5. The molecular formula is C18H20N4O4. The summed E-state index contributed by atoms with van der Waals surface area (Å²) in [5.74, 6) is 0.0670. The molecule has 0 saturated carbocycles. The van der Waals surface area contributed by atoms with Crippen molar-refractivity contribution in [1.82, 2.24) is 9.97 Å². The summed E-state index contributed by atoms with van der Waals surface area (Å²) in [6, 6.07) is 6.73. The standard InChI is InChI=1S/C18H20N4O4/c23-17(24)12-26-15-3-1-2-14(10-15)21-18(25)13-4-8-22(9-5-13)16-11-19-6-7-20-16/h1-3,6-7,10-11,13H,4-5,8-9,12H2,(H,21,25)(H,23,24). The van der Waals surface area contributed by atoms with Gasteiger partial charge in [0.2, 0.25) is 5.91 Å². The van der Waals surface area contributed by atoms with E-state index in [9.17, 15) is 9.59 Å². The van der Waals surface area contributed by atoms with Gasteiger partial charge in [0.1, 0.15) is 11.6 Å². The Kier molecular flexibility index (Phi) is 5.62. The summed E-state index contributed by atoms with van der Waals surface area (Å²) < 4.78 is 5.13. The third kappa shape index (κ3) is 4.69. The highest BCUT2D eigenvalue weighted by Gasteiger charge is 2.25. The van der Waals surface area contributed by atoms with E-state index in [4.69, 9.17) is 9.84 Å². The Hall–Kier alpha value is -3.16. The summed E-state index contributed by atoms with van der Waals surface area (Å²) in [6.07, 6.45) is 6.49. The highest BCUT2D eigenvalue weighted by Crippen LogP contribution is 2.23. The Balaban J connectivity index is 1.53. The number of benzene rings is 1. The predicted molar refractivity (Wildman–Crippen MR) is 95.2 cm³/mol. The van der Waals surface area contributed by atoms with Crippen LogP contribution >= 0.6 is 0 Å². The van der Waals surface area contributed by atoms with Crippen molar-refractivity contribution < 1.29 is 19.4 Å². The second-order valence-corrected chi connectivity index (χ2v) is 6.02. The molecule has 0 aliphatic carbocycles. The van der Waals surface area contributed by atoms with Gasteiger partial charge in [-0.15, -0.1) is 0 Å². The van der Waals surface area contributed by atoms with Crippen molar-refractivity contribution in [3.8, 4) is 5.75 Å². The van der Waals surface area contributed by atoms with Crippen LogP contribution in [0, 0.1) is 5.92 Å². The van der Waals surface area contributed by atoms with Crippen LogP contribution in [0.5, 0.6) is 5.75 Å². The first kappa shape index (κ1) is 17.7. The van der Waals surface area contributed by atoms with Crippen molar-refractivity contribution in [1.29, 1.82) is 0 Å². The van der Waals surface area contributed by atoms with Crippen molar-refractivity contribution in [3.63, 3.8) is 0 Å². The molecule has 0 atom stereocenters. The summed E-state index contributed by atoms with van der Waals surface area (Å²) in [6.45, 7) is 1.08. The Labute approximate surface area is 150 Å². The number of nitrogens with zero attached hydrogens (tertiary/aromatic N) is 3. The third-order valence-electron chi connectivity index (χ3n) is 4.20. The van der Waals surface area contributed by atoms with Crippen LogP contribution in [0.1, 0.15) is 12.8 Å². The lowest BCUT2D eigenvalue weighted by atomic mass is 9.96. The molecule has 8 heteroatoms. The van der Waals surface area contributed by atoms with Crippen LogP contribution in [-0.4, -0.2) is 46.6 Å². The molecule has 0 radical (unpaired) electrons. The number of carboxylic acid groups (broad SMARTS) is 1. The summed E-state index contributed by atoms with van der Waals surface area (Å²) in [5.41, 5.74) is 0.592. The Morgan fingerprint density at radius 1 is 1.27 bits per heavy atom. The minimum atomic E-state index is -1.05. The van der Waals surface area contributed by atoms with Crippen molar-refractivity contribution in [2.24, 2.45) is 5.92 Å². The number of aliphatic carboxylic acids is 1. The van der Waals surface area contributed by atoms with E-state index in [0.717, 1.165) is 31.7 Å². The number of carboxylic acids is 1. The van der Waals surface area contributed by atoms with Gasteiger partial charge in [-0.2, -0.15) is 0 Å². The second-order valence-electron chi connectivity index (χ2n) is 6.02. The van der Waals surface area contributed by atoms with Crippen LogP contribution in [-0.2, 0) is 9.59 Å². The summed E-state index contributed by atoms with van der Waals surface area (Å²) in [4.78, 5) is 33.5. The zero-order valence-electron chi connectivity index (χ0n) is 14.2. The maximum absolute atomic E-state index is 12.5. The number of carbonyl (C=O) groups is 2. The van der Waals surface area contributed by atoms with Crippen molar-refractivity contribution in [2.45, 2.75) is 12.8 Å². The van der Waals surface area contributed by atoms with Crippen LogP contribution in [0.3, 0.4) is 0 Å². The van der Waals surface area contributed by atoms with E-state index in [1.165, 1.54) is 0 Å². The number of amides is 1. The van der Waals surface area contributed by atoms with Gasteiger partial charge in [-0.3, -0.25) is 9.78 Å². The lowest BCUT2D eigenvalue weighted by Gasteiger charge is -2.31. The maximum Gasteiger partial charge on any atom is 0.341 e. The molecule has 2 N–H and O–H groups in total. The Morgan fingerprint density at radius 2 is 2.08 bits per heavy atom. The van der Waals surface area contributed by atoms with Crippen LogP contribution in [0.15, 0.2) is 42.9 Å². The lowest BCUT2D eigenvalue weighted by molar-refractivity contribution is -0.139. The summed E-state index contributed by atoms with van der Waals surface area (Å²) in [7, 11) is 0. The van der Waals surface area contributed by atoms with Gasteiger partial charge in [-0.05, 0) is 25.0 Å². The normalized spacial score (nSPS) is 14.7. The monoisotopic (exact) mass is 356 g/mol. The molecule has 1 aliphatic rings. The fourth-order valence-electron chi connectivity index (χ4n) is 2.88. The number of piperidine rings is 1. The van der Waals surface area contributed by atoms with Gasteiger partial charge in [0.25, 0.3) is 0 Å². The molecule has 1 aliphatic heterocycles. The Bertz CT molecular complexity index is 761. The molecule has 2 aromatic rings. The van der Waals surface area contributed by atoms with Gasteiger partial charge in [-0.1, -0.05) is 6.07 Å². The zero-order valence-corrected chi connectivity index (χ0v) is 14.2. The van der Waals surface area contributed by atoms with Crippen molar-refractivity contribution in [3.05, 3.63) is 42.9 Å². The fraction of sp³-hybridized carbons (Fsp3) is 0.333. The van der Waals surface area contributed by atoms with E-state index in [1.54, 1.807) is 42.9 Å². The van der Waals surface area contributed by atoms with Gasteiger partial charge >= 0.3 is 5.97 Å². The fourth-order valence-corrected chi connectivity index (χ4v) is 2.88. The van der Waals surface area contributed by atoms with E-state index in [1.807, 2.05) is 0 Å². The van der Waals surface area contributed by atoms with Crippen LogP contribution in [0.2, 0.25) is 0 Å². The minimum absolute atomic E-state index is 0.0424. The number of anilines is 2. The van der Waals surface area contributed by atoms with E-state index in [-0.39, 0.29) is 11.8 Å². The zero-order chi connectivity index (χ0) is 18.4. The average Bonchev–Trinajstić information content (AvgIpc) is 2.67. The number of aromatic nitrogens is 2. The molecule has 0 unspecified atom stereocenters. The highest BCUT2D eigenvalue weighted by atomic mass is 16.5. The van der Waals surface area contributed by atoms with Gasteiger partial charge in [0, 0.05) is 43.2 Å². The van der Waals surface area contributed by atoms with Crippen molar-refractivity contribution >= 4 is 23.4 Å². The Morgan fingerprint density at radius 3 is 2.77 bits per heavy atom. The number of hydrogen-bond acceptors (Lipinski definition) is 6. The molecule has 136 valence electrons. The van der Waals surface area contributed by atoms with Crippen LogP contribution < -0.4 is 15.0 Å². The lowest BCUT2D eigenvalue weighted by Crippen LogP contribution is -2.38. The second kappa shape index (κ2) is 8.28.